The van der Waals surface area contributed by atoms with Gasteiger partial charge in [-0.3, -0.25) is 14.9 Å². The number of carbonyl (C=O) groups excluding carboxylic acids is 1. The lowest BCUT2D eigenvalue weighted by Gasteiger charge is -2.36. The second-order valence-corrected chi connectivity index (χ2v) is 8.71. The quantitative estimate of drug-likeness (QED) is 0.439. The van der Waals surface area contributed by atoms with E-state index in [0.29, 0.717) is 42.8 Å². The summed E-state index contributed by atoms with van der Waals surface area (Å²) in [6.45, 7) is 10.7. The number of rotatable bonds is 4. The lowest BCUT2D eigenvalue weighted by atomic mass is 10.1. The molecule has 0 spiro atoms. The third kappa shape index (κ3) is 3.81. The fourth-order valence-electron chi connectivity index (χ4n) is 4.09. The van der Waals surface area contributed by atoms with E-state index in [1.807, 2.05) is 9.80 Å². The highest BCUT2D eigenvalue weighted by molar-refractivity contribution is 6.30. The summed E-state index contributed by atoms with van der Waals surface area (Å²) in [6, 6.07) is 4.73. The van der Waals surface area contributed by atoms with Gasteiger partial charge in [-0.15, -0.1) is 0 Å². The van der Waals surface area contributed by atoms with Crippen LogP contribution in [0, 0.1) is 27.4 Å². The van der Waals surface area contributed by atoms with Gasteiger partial charge >= 0.3 is 0 Å². The van der Waals surface area contributed by atoms with Gasteiger partial charge in [-0.1, -0.05) is 37.1 Å². The topological polar surface area (TPSA) is 66.7 Å². The molecule has 146 valence electrons. The van der Waals surface area contributed by atoms with Gasteiger partial charge in [0, 0.05) is 37.3 Å². The molecule has 1 saturated carbocycles. The van der Waals surface area contributed by atoms with Gasteiger partial charge in [-0.25, -0.2) is 0 Å². The lowest BCUT2D eigenvalue weighted by molar-refractivity contribution is -0.384. The Hall–Kier alpha value is -2.08. The van der Waals surface area contributed by atoms with Crippen molar-refractivity contribution < 1.29 is 9.72 Å². The number of nitrogens with zero attached hydrogens (tertiary/aromatic N) is 3. The molecule has 2 atom stereocenters. The molecule has 1 amide bonds. The minimum atomic E-state index is -0.407. The van der Waals surface area contributed by atoms with Crippen molar-refractivity contribution in [1.82, 2.24) is 4.90 Å². The molecule has 7 heteroatoms. The molecule has 2 fully saturated rings. The van der Waals surface area contributed by atoms with Gasteiger partial charge in [-0.2, -0.15) is 0 Å². The Morgan fingerprint density at radius 1 is 1.26 bits per heavy atom. The van der Waals surface area contributed by atoms with Crippen molar-refractivity contribution in [2.45, 2.75) is 27.7 Å². The number of piperazine rings is 1. The van der Waals surface area contributed by atoms with Crippen LogP contribution in [0.3, 0.4) is 0 Å². The highest BCUT2D eigenvalue weighted by Crippen LogP contribution is 2.60. The minimum Gasteiger partial charge on any atom is -0.362 e. The first-order valence-electron chi connectivity index (χ1n) is 9.25. The monoisotopic (exact) mass is 391 g/mol. The van der Waals surface area contributed by atoms with E-state index in [1.54, 1.807) is 12.1 Å². The van der Waals surface area contributed by atoms with Gasteiger partial charge in [-0.05, 0) is 37.3 Å². The molecule has 1 aromatic carbocycles. The molecule has 0 bridgehead atoms. The molecular weight excluding hydrogens is 366 g/mol. The molecule has 1 heterocycles. The van der Waals surface area contributed by atoms with Crippen LogP contribution in [0.1, 0.15) is 27.7 Å². The van der Waals surface area contributed by atoms with Gasteiger partial charge in [0.05, 0.1) is 10.8 Å². The fourth-order valence-corrected chi connectivity index (χ4v) is 4.26. The van der Waals surface area contributed by atoms with Gasteiger partial charge < -0.3 is 9.80 Å². The molecule has 6 nitrogen and oxygen atoms in total. The van der Waals surface area contributed by atoms with Crippen molar-refractivity contribution in [2.75, 3.05) is 31.1 Å². The van der Waals surface area contributed by atoms with E-state index in [-0.39, 0.29) is 22.9 Å². The third-order valence-corrected chi connectivity index (χ3v) is 5.99. The number of benzene rings is 1. The third-order valence-electron chi connectivity index (χ3n) is 5.76. The number of nitro groups is 1. The van der Waals surface area contributed by atoms with E-state index in [2.05, 4.69) is 33.8 Å². The van der Waals surface area contributed by atoms with Crippen LogP contribution in [0.2, 0.25) is 5.02 Å². The molecule has 27 heavy (non-hydrogen) atoms. The second kappa shape index (κ2) is 7.15. The summed E-state index contributed by atoms with van der Waals surface area (Å²) in [7, 11) is 0. The Labute approximate surface area is 164 Å². The normalized spacial score (nSPS) is 23.7. The van der Waals surface area contributed by atoms with Gasteiger partial charge in [0.25, 0.3) is 5.69 Å². The van der Waals surface area contributed by atoms with Crippen LogP contribution in [-0.4, -0.2) is 41.9 Å². The first-order chi connectivity index (χ1) is 12.6. The molecule has 2 unspecified atom stereocenters. The molecule has 0 aromatic heterocycles. The molecular formula is C20H26ClN3O3. The van der Waals surface area contributed by atoms with Crippen molar-refractivity contribution in [3.63, 3.8) is 0 Å². The van der Waals surface area contributed by atoms with Crippen molar-refractivity contribution in [3.8, 4) is 0 Å². The Balaban J connectivity index is 1.67. The number of anilines is 1. The summed E-state index contributed by atoms with van der Waals surface area (Å²) < 4.78 is 0. The van der Waals surface area contributed by atoms with Gasteiger partial charge in [0.15, 0.2) is 0 Å². The first-order valence-corrected chi connectivity index (χ1v) is 9.63. The van der Waals surface area contributed by atoms with E-state index in [4.69, 9.17) is 11.6 Å². The summed E-state index contributed by atoms with van der Waals surface area (Å²) in [5, 5.41) is 11.7. The maximum absolute atomic E-state index is 13.0. The average Bonchev–Trinajstić information content (AvgIpc) is 3.13. The van der Waals surface area contributed by atoms with Gasteiger partial charge in [0.1, 0.15) is 5.69 Å². The second-order valence-electron chi connectivity index (χ2n) is 8.27. The molecule has 0 radical (unpaired) electrons. The molecule has 1 aromatic rings. The number of amides is 1. The van der Waals surface area contributed by atoms with Crippen molar-refractivity contribution in [1.29, 1.82) is 0 Å². The van der Waals surface area contributed by atoms with E-state index in [9.17, 15) is 14.9 Å². The largest absolute Gasteiger partial charge is 0.362 e. The highest BCUT2D eigenvalue weighted by atomic mass is 35.5. The van der Waals surface area contributed by atoms with Crippen LogP contribution in [0.4, 0.5) is 11.4 Å². The summed E-state index contributed by atoms with van der Waals surface area (Å²) in [5.74, 6) is 0.530. The Morgan fingerprint density at radius 2 is 1.89 bits per heavy atom. The van der Waals surface area contributed by atoms with Crippen LogP contribution in [0.25, 0.3) is 0 Å². The smallest absolute Gasteiger partial charge is 0.294 e. The van der Waals surface area contributed by atoms with Crippen LogP contribution in [0.5, 0.6) is 0 Å². The Kier molecular flexibility index (Phi) is 5.21. The standard InChI is InChI=1S/C20H26ClN3O3/c1-13(2)11-15-18(20(15,3)4)19(25)23-9-7-22(8-10-23)16-6-5-14(21)12-17(16)24(26)27/h5-6,11-12,15,18H,7-10H2,1-4H3. The van der Waals surface area contributed by atoms with Crippen LogP contribution < -0.4 is 4.90 Å². The van der Waals surface area contributed by atoms with E-state index < -0.39 is 4.92 Å². The Bertz CT molecular complexity index is 794. The number of hydrogen-bond acceptors (Lipinski definition) is 4. The van der Waals surface area contributed by atoms with Crippen LogP contribution in [-0.2, 0) is 4.79 Å². The zero-order valence-corrected chi connectivity index (χ0v) is 17.0. The molecule has 3 rings (SSSR count). The van der Waals surface area contributed by atoms with Crippen molar-refractivity contribution in [3.05, 3.63) is 45.0 Å². The molecule has 1 aliphatic heterocycles. The zero-order valence-electron chi connectivity index (χ0n) is 16.2. The summed E-state index contributed by atoms with van der Waals surface area (Å²) in [6.07, 6.45) is 2.20. The van der Waals surface area contributed by atoms with Crippen LogP contribution in [0.15, 0.2) is 29.8 Å². The minimum absolute atomic E-state index is 0.000450. The molecule has 1 saturated heterocycles. The summed E-state index contributed by atoms with van der Waals surface area (Å²) in [5.41, 5.74) is 1.81. The molecule has 1 aliphatic carbocycles. The molecule has 2 aliphatic rings. The van der Waals surface area contributed by atoms with E-state index in [0.717, 1.165) is 0 Å². The van der Waals surface area contributed by atoms with Crippen molar-refractivity contribution >= 4 is 28.9 Å². The highest BCUT2D eigenvalue weighted by Gasteiger charge is 2.61. The predicted molar refractivity (Wildman–Crippen MR) is 107 cm³/mol. The average molecular weight is 392 g/mol. The Morgan fingerprint density at radius 3 is 2.44 bits per heavy atom. The van der Waals surface area contributed by atoms with E-state index in [1.165, 1.54) is 11.6 Å². The number of carbonyl (C=O) groups is 1. The molecule has 0 N–H and O–H groups in total. The number of hydrogen-bond donors (Lipinski definition) is 0. The van der Waals surface area contributed by atoms with Crippen LogP contribution >= 0.6 is 11.6 Å². The summed E-state index contributed by atoms with van der Waals surface area (Å²) >= 11 is 5.90. The SMILES string of the molecule is CC(C)=CC1C(C(=O)N2CCN(c3ccc(Cl)cc3[N+](=O)[O-])CC2)C1(C)C. The maximum Gasteiger partial charge on any atom is 0.294 e. The van der Waals surface area contributed by atoms with Crippen molar-refractivity contribution in [2.24, 2.45) is 17.3 Å². The number of allylic oxidation sites excluding steroid dienone is 2. The first kappa shape index (κ1) is 19.7. The number of halogens is 1. The zero-order chi connectivity index (χ0) is 19.9. The maximum atomic E-state index is 13.0. The lowest BCUT2D eigenvalue weighted by Crippen LogP contribution is -2.49. The predicted octanol–water partition coefficient (Wildman–Crippen LogP) is 4.14. The van der Waals surface area contributed by atoms with Gasteiger partial charge in [0.2, 0.25) is 5.91 Å². The fraction of sp³-hybridized carbons (Fsp3) is 0.550. The number of nitro benzene ring substituents is 1. The summed E-state index contributed by atoms with van der Waals surface area (Å²) in [4.78, 5) is 27.8. The van der Waals surface area contributed by atoms with E-state index >= 15 is 0 Å².